The van der Waals surface area contributed by atoms with Gasteiger partial charge in [0.15, 0.2) is 0 Å². The second-order valence-electron chi connectivity index (χ2n) is 10.7. The van der Waals surface area contributed by atoms with Crippen molar-refractivity contribution in [2.45, 2.75) is 50.9 Å². The first-order valence-electron chi connectivity index (χ1n) is 13.6. The average Bonchev–Trinajstić information content (AvgIpc) is 3.67. The second-order valence-corrected chi connectivity index (χ2v) is 10.7. The van der Waals surface area contributed by atoms with Gasteiger partial charge in [0, 0.05) is 56.0 Å². The maximum absolute atomic E-state index is 12.9. The minimum atomic E-state index is -4.89. The summed E-state index contributed by atoms with van der Waals surface area (Å²) in [5, 5.41) is 15.8. The number of amides is 3. The molecule has 2 atom stereocenters. The third-order valence-corrected chi connectivity index (χ3v) is 7.59. The molecule has 222 valence electrons. The molecule has 6 rings (SSSR count). The zero-order valence-electron chi connectivity index (χ0n) is 22.6. The molecule has 0 radical (unpaired) electrons. The molecule has 0 aliphatic carbocycles. The monoisotopic (exact) mass is 594 g/mol. The molecule has 0 unspecified atom stereocenters. The van der Waals surface area contributed by atoms with E-state index >= 15 is 0 Å². The molecule has 3 aliphatic rings. The highest BCUT2D eigenvalue weighted by Gasteiger charge is 2.39. The molecule has 0 bridgehead atoms. The third-order valence-electron chi connectivity index (χ3n) is 7.59. The Morgan fingerprint density at radius 3 is 2.70 bits per heavy atom. The van der Waals surface area contributed by atoms with E-state index in [0.717, 1.165) is 30.2 Å². The van der Waals surface area contributed by atoms with E-state index in [0.29, 0.717) is 30.8 Å². The molecular weight excluding hydrogens is 569 g/mol. The van der Waals surface area contributed by atoms with Crippen molar-refractivity contribution < 1.29 is 37.0 Å². The van der Waals surface area contributed by atoms with Crippen LogP contribution in [0.5, 0.6) is 11.5 Å². The Hall–Kier alpha value is -4.90. The van der Waals surface area contributed by atoms with Crippen molar-refractivity contribution in [3.63, 3.8) is 0 Å². The smallest absolute Gasteiger partial charge is 0.489 e. The minimum Gasteiger partial charge on any atom is -0.489 e. The molecule has 3 amide bonds. The number of halogens is 3. The Balaban J connectivity index is 1.06. The van der Waals surface area contributed by atoms with Gasteiger partial charge in [0.1, 0.15) is 23.6 Å². The number of alkyl halides is 3. The van der Waals surface area contributed by atoms with E-state index in [1.807, 2.05) is 12.1 Å². The SMILES string of the molecule is N#Cc1cc(OC(F)(F)F)cc(-n2cc(CN3CC[C@H](Oc4ccc5c(c4)CN([C@H]4CCC(=O)NC4=O)C5=O)C3)cn2)c1. The predicted octanol–water partition coefficient (Wildman–Crippen LogP) is 3.06. The van der Waals surface area contributed by atoms with Crippen molar-refractivity contribution in [1.29, 1.82) is 5.26 Å². The van der Waals surface area contributed by atoms with Crippen LogP contribution in [0.2, 0.25) is 0 Å². The van der Waals surface area contributed by atoms with Crippen LogP contribution in [-0.2, 0) is 22.7 Å². The number of ether oxygens (including phenoxy) is 2. The number of nitrogens with zero attached hydrogens (tertiary/aromatic N) is 5. The minimum absolute atomic E-state index is 0.00735. The Bertz CT molecular complexity index is 1650. The summed E-state index contributed by atoms with van der Waals surface area (Å²) in [5.41, 5.74) is 2.37. The Morgan fingerprint density at radius 2 is 1.93 bits per heavy atom. The van der Waals surface area contributed by atoms with Crippen molar-refractivity contribution in [2.75, 3.05) is 13.1 Å². The Labute approximate surface area is 243 Å². The summed E-state index contributed by atoms with van der Waals surface area (Å²) in [6, 6.07) is 10.0. The number of hydrogen-bond acceptors (Lipinski definition) is 8. The molecular formula is C29H25F3N6O5. The van der Waals surface area contributed by atoms with E-state index in [4.69, 9.17) is 4.74 Å². The number of likely N-dealkylation sites (tertiary alicyclic amines) is 1. The van der Waals surface area contributed by atoms with E-state index in [1.54, 1.807) is 24.5 Å². The Morgan fingerprint density at radius 1 is 1.09 bits per heavy atom. The number of piperidine rings is 1. The second kappa shape index (κ2) is 11.1. The lowest BCUT2D eigenvalue weighted by Gasteiger charge is -2.29. The highest BCUT2D eigenvalue weighted by atomic mass is 19.4. The van der Waals surface area contributed by atoms with E-state index in [1.165, 1.54) is 21.7 Å². The van der Waals surface area contributed by atoms with Gasteiger partial charge in [-0.15, -0.1) is 13.2 Å². The van der Waals surface area contributed by atoms with Gasteiger partial charge in [-0.3, -0.25) is 24.6 Å². The number of imide groups is 1. The molecule has 11 nitrogen and oxygen atoms in total. The lowest BCUT2D eigenvalue weighted by atomic mass is 10.0. The molecule has 4 heterocycles. The lowest BCUT2D eigenvalue weighted by Crippen LogP contribution is -2.52. The van der Waals surface area contributed by atoms with Crippen LogP contribution in [-0.4, -0.2) is 68.9 Å². The normalized spacial score (nSPS) is 20.6. The van der Waals surface area contributed by atoms with Crippen LogP contribution in [0.4, 0.5) is 13.2 Å². The van der Waals surface area contributed by atoms with E-state index in [2.05, 4.69) is 20.1 Å². The Kier molecular flexibility index (Phi) is 7.26. The molecule has 1 N–H and O–H groups in total. The van der Waals surface area contributed by atoms with E-state index < -0.39 is 24.1 Å². The fourth-order valence-corrected chi connectivity index (χ4v) is 5.67. The van der Waals surface area contributed by atoms with Crippen molar-refractivity contribution in [3.8, 4) is 23.3 Å². The number of benzene rings is 2. The quantitative estimate of drug-likeness (QED) is 0.414. The number of hydrogen-bond donors (Lipinski definition) is 1. The van der Waals surface area contributed by atoms with Crippen LogP contribution in [0.3, 0.4) is 0 Å². The van der Waals surface area contributed by atoms with Gasteiger partial charge in [0.25, 0.3) is 5.91 Å². The number of aromatic nitrogens is 2. The van der Waals surface area contributed by atoms with Crippen LogP contribution < -0.4 is 14.8 Å². The first-order valence-corrected chi connectivity index (χ1v) is 13.6. The highest BCUT2D eigenvalue weighted by molar-refractivity contribution is 6.05. The fraction of sp³-hybridized carbons (Fsp3) is 0.345. The van der Waals surface area contributed by atoms with Crippen LogP contribution in [0.15, 0.2) is 48.8 Å². The average molecular weight is 595 g/mol. The molecule has 3 aromatic rings. The summed E-state index contributed by atoms with van der Waals surface area (Å²) < 4.78 is 49.7. The standard InChI is InChI=1S/C29H25F3N6O5/c30-29(31,32)43-23-8-17(11-33)7-20(10-23)38-14-18(12-34-38)13-36-6-5-22(16-36)42-21-1-2-24-19(9-21)15-37(28(24)41)25-3-4-26(39)35-27(25)40/h1-2,7-10,12,14,22,25H,3-6,13,15-16H2,(H,35,39,40)/t22-,25-/m0/s1. The summed E-state index contributed by atoms with van der Waals surface area (Å²) in [6.45, 7) is 2.16. The number of carbonyl (C=O) groups is 3. The highest BCUT2D eigenvalue weighted by Crippen LogP contribution is 2.31. The van der Waals surface area contributed by atoms with Gasteiger partial charge < -0.3 is 14.4 Å². The molecule has 14 heteroatoms. The number of nitriles is 1. The van der Waals surface area contributed by atoms with Crippen molar-refractivity contribution in [3.05, 3.63) is 71.0 Å². The largest absolute Gasteiger partial charge is 0.573 e. The molecule has 3 aliphatic heterocycles. The van der Waals surface area contributed by atoms with Crippen molar-refractivity contribution in [1.82, 2.24) is 24.9 Å². The van der Waals surface area contributed by atoms with Crippen LogP contribution in [0.25, 0.3) is 5.69 Å². The molecule has 1 aromatic heterocycles. The lowest BCUT2D eigenvalue weighted by molar-refractivity contribution is -0.274. The van der Waals surface area contributed by atoms with Crippen LogP contribution in [0, 0.1) is 11.3 Å². The molecule has 2 saturated heterocycles. The van der Waals surface area contributed by atoms with E-state index in [-0.39, 0.29) is 42.1 Å². The van der Waals surface area contributed by atoms with Gasteiger partial charge in [0.05, 0.1) is 23.5 Å². The first-order chi connectivity index (χ1) is 20.5. The summed E-state index contributed by atoms with van der Waals surface area (Å²) in [4.78, 5) is 40.4. The number of carbonyl (C=O) groups excluding carboxylic acids is 3. The topological polar surface area (TPSA) is 130 Å². The summed E-state index contributed by atoms with van der Waals surface area (Å²) in [6.07, 6.45) is -0.444. The zero-order chi connectivity index (χ0) is 30.3. The molecule has 43 heavy (non-hydrogen) atoms. The number of fused-ring (bicyclic) bond motifs is 1. The fourth-order valence-electron chi connectivity index (χ4n) is 5.67. The van der Waals surface area contributed by atoms with E-state index in [9.17, 15) is 32.8 Å². The summed E-state index contributed by atoms with van der Waals surface area (Å²) in [5.74, 6) is -0.920. The number of rotatable bonds is 7. The third kappa shape index (κ3) is 6.17. The molecule has 2 aromatic carbocycles. The summed E-state index contributed by atoms with van der Waals surface area (Å²) >= 11 is 0. The maximum atomic E-state index is 12.9. The molecule has 2 fully saturated rings. The maximum Gasteiger partial charge on any atom is 0.573 e. The van der Waals surface area contributed by atoms with Gasteiger partial charge in [-0.2, -0.15) is 10.4 Å². The summed E-state index contributed by atoms with van der Waals surface area (Å²) in [7, 11) is 0. The number of nitrogens with one attached hydrogen (secondary N) is 1. The predicted molar refractivity (Wildman–Crippen MR) is 142 cm³/mol. The van der Waals surface area contributed by atoms with Crippen molar-refractivity contribution >= 4 is 17.7 Å². The molecule has 0 spiro atoms. The molecule has 0 saturated carbocycles. The van der Waals surface area contributed by atoms with Gasteiger partial charge in [-0.1, -0.05) is 0 Å². The van der Waals surface area contributed by atoms with Crippen LogP contribution >= 0.6 is 0 Å². The van der Waals surface area contributed by atoms with Gasteiger partial charge >= 0.3 is 6.36 Å². The van der Waals surface area contributed by atoms with Crippen LogP contribution in [0.1, 0.15) is 46.3 Å². The van der Waals surface area contributed by atoms with Crippen molar-refractivity contribution in [2.24, 2.45) is 0 Å². The zero-order valence-corrected chi connectivity index (χ0v) is 22.6. The van der Waals surface area contributed by atoms with Gasteiger partial charge in [-0.25, -0.2) is 4.68 Å². The van der Waals surface area contributed by atoms with Gasteiger partial charge in [-0.05, 0) is 48.7 Å². The first kappa shape index (κ1) is 28.2. The van der Waals surface area contributed by atoms with Gasteiger partial charge in [0.2, 0.25) is 11.8 Å².